The van der Waals surface area contributed by atoms with Crippen LogP contribution in [-0.4, -0.2) is 23.7 Å². The molecule has 1 saturated carbocycles. The largest absolute Gasteiger partial charge is 0.396 e. The minimum Gasteiger partial charge on any atom is -0.396 e. The third-order valence-corrected chi connectivity index (χ3v) is 2.92. The number of aliphatic hydroxyl groups excluding tert-OH is 1. The van der Waals surface area contributed by atoms with Crippen LogP contribution in [0.5, 0.6) is 0 Å². The van der Waals surface area contributed by atoms with Crippen molar-refractivity contribution in [2.24, 2.45) is 5.92 Å². The quantitative estimate of drug-likeness (QED) is 0.704. The molecule has 0 radical (unpaired) electrons. The average Bonchev–Trinajstić information content (AvgIpc) is 2.56. The number of nitrogens with one attached hydrogen (secondary N) is 1. The van der Waals surface area contributed by atoms with Crippen LogP contribution in [0.2, 0.25) is 0 Å². The number of hydrogen-bond donors (Lipinski definition) is 2. The van der Waals surface area contributed by atoms with Gasteiger partial charge >= 0.3 is 0 Å². The van der Waals surface area contributed by atoms with Gasteiger partial charge in [0.05, 0.1) is 0 Å². The maximum absolute atomic E-state index is 11.5. The Morgan fingerprint density at radius 2 is 2.14 bits per heavy atom. The fraction of sp³-hybridized carbons (Fsp3) is 0.909. The first kappa shape index (κ1) is 11.5. The van der Waals surface area contributed by atoms with Gasteiger partial charge in [0, 0.05) is 19.1 Å². The summed E-state index contributed by atoms with van der Waals surface area (Å²) in [6.07, 6.45) is 6.31. The summed E-state index contributed by atoms with van der Waals surface area (Å²) in [6.45, 7) is 2.08. The van der Waals surface area contributed by atoms with Crippen LogP contribution in [0.1, 0.15) is 45.4 Å². The standard InChI is InChI=1S/C11H21NO2/c1-9(6-7-13)12-11(14)8-10-4-2-3-5-10/h9-10,13H,2-8H2,1H3,(H,12,14). The van der Waals surface area contributed by atoms with E-state index in [0.29, 0.717) is 18.8 Å². The van der Waals surface area contributed by atoms with E-state index in [1.54, 1.807) is 0 Å². The number of rotatable bonds is 5. The Morgan fingerprint density at radius 1 is 1.50 bits per heavy atom. The van der Waals surface area contributed by atoms with Crippen LogP contribution < -0.4 is 5.32 Å². The summed E-state index contributed by atoms with van der Waals surface area (Å²) in [6, 6.07) is 0.105. The predicted octanol–water partition coefficient (Wildman–Crippen LogP) is 1.45. The molecule has 1 amide bonds. The molecular formula is C11H21NO2. The average molecular weight is 199 g/mol. The van der Waals surface area contributed by atoms with E-state index >= 15 is 0 Å². The summed E-state index contributed by atoms with van der Waals surface area (Å²) in [5, 5.41) is 11.6. The molecule has 1 fully saturated rings. The van der Waals surface area contributed by atoms with Gasteiger partial charge < -0.3 is 10.4 Å². The highest BCUT2D eigenvalue weighted by Crippen LogP contribution is 2.27. The monoisotopic (exact) mass is 199 g/mol. The van der Waals surface area contributed by atoms with E-state index in [4.69, 9.17) is 5.11 Å². The van der Waals surface area contributed by atoms with Crippen molar-refractivity contribution in [3.8, 4) is 0 Å². The summed E-state index contributed by atoms with van der Waals surface area (Å²) in [4.78, 5) is 11.5. The Bertz CT molecular complexity index is 176. The highest BCUT2D eigenvalue weighted by molar-refractivity contribution is 5.76. The van der Waals surface area contributed by atoms with E-state index in [-0.39, 0.29) is 18.6 Å². The number of carbonyl (C=O) groups excluding carboxylic acids is 1. The molecule has 1 unspecified atom stereocenters. The maximum atomic E-state index is 11.5. The van der Waals surface area contributed by atoms with Crippen LogP contribution in [0.3, 0.4) is 0 Å². The van der Waals surface area contributed by atoms with Gasteiger partial charge in [-0.2, -0.15) is 0 Å². The van der Waals surface area contributed by atoms with Crippen molar-refractivity contribution in [1.82, 2.24) is 5.32 Å². The molecule has 0 bridgehead atoms. The molecule has 1 atom stereocenters. The summed E-state index contributed by atoms with van der Waals surface area (Å²) in [5.41, 5.74) is 0. The third kappa shape index (κ3) is 4.09. The van der Waals surface area contributed by atoms with Crippen LogP contribution >= 0.6 is 0 Å². The van der Waals surface area contributed by atoms with Gasteiger partial charge in [-0.3, -0.25) is 4.79 Å². The van der Waals surface area contributed by atoms with Gasteiger partial charge in [-0.1, -0.05) is 12.8 Å². The topological polar surface area (TPSA) is 49.3 Å². The Morgan fingerprint density at radius 3 is 2.71 bits per heavy atom. The van der Waals surface area contributed by atoms with E-state index < -0.39 is 0 Å². The second-order valence-electron chi connectivity index (χ2n) is 4.34. The van der Waals surface area contributed by atoms with Gasteiger partial charge in [-0.15, -0.1) is 0 Å². The van der Waals surface area contributed by atoms with Gasteiger partial charge in [0.2, 0.25) is 5.91 Å². The van der Waals surface area contributed by atoms with Gasteiger partial charge in [-0.25, -0.2) is 0 Å². The molecule has 82 valence electrons. The number of amides is 1. The van der Waals surface area contributed by atoms with Crippen molar-refractivity contribution in [3.05, 3.63) is 0 Å². The molecule has 0 spiro atoms. The summed E-state index contributed by atoms with van der Waals surface area (Å²) < 4.78 is 0. The molecule has 0 aromatic heterocycles. The Labute approximate surface area is 85.9 Å². The number of carbonyl (C=O) groups is 1. The van der Waals surface area contributed by atoms with E-state index in [9.17, 15) is 4.79 Å². The fourth-order valence-corrected chi connectivity index (χ4v) is 2.08. The molecule has 3 nitrogen and oxygen atoms in total. The lowest BCUT2D eigenvalue weighted by Gasteiger charge is -2.14. The molecule has 1 rings (SSSR count). The first-order chi connectivity index (χ1) is 6.72. The smallest absolute Gasteiger partial charge is 0.220 e. The van der Waals surface area contributed by atoms with Gasteiger partial charge in [0.25, 0.3) is 0 Å². The predicted molar refractivity (Wildman–Crippen MR) is 55.9 cm³/mol. The van der Waals surface area contributed by atoms with Crippen LogP contribution in [0.25, 0.3) is 0 Å². The maximum Gasteiger partial charge on any atom is 0.220 e. The summed E-state index contributed by atoms with van der Waals surface area (Å²) in [5.74, 6) is 0.758. The van der Waals surface area contributed by atoms with Gasteiger partial charge in [-0.05, 0) is 32.1 Å². The Balaban J connectivity index is 2.14. The van der Waals surface area contributed by atoms with E-state index in [2.05, 4.69) is 5.32 Å². The van der Waals surface area contributed by atoms with E-state index in [1.807, 2.05) is 6.92 Å². The lowest BCUT2D eigenvalue weighted by molar-refractivity contribution is -0.122. The molecule has 0 aliphatic heterocycles. The van der Waals surface area contributed by atoms with Crippen molar-refractivity contribution in [2.45, 2.75) is 51.5 Å². The molecule has 1 aliphatic carbocycles. The zero-order valence-corrected chi connectivity index (χ0v) is 8.96. The Hall–Kier alpha value is -0.570. The SMILES string of the molecule is CC(CCO)NC(=O)CC1CCCC1. The van der Waals surface area contributed by atoms with Gasteiger partial charge in [0.15, 0.2) is 0 Å². The summed E-state index contributed by atoms with van der Waals surface area (Å²) in [7, 11) is 0. The number of hydrogen-bond acceptors (Lipinski definition) is 2. The molecule has 2 N–H and O–H groups in total. The van der Waals surface area contributed by atoms with E-state index in [0.717, 1.165) is 0 Å². The van der Waals surface area contributed by atoms with Crippen molar-refractivity contribution >= 4 is 5.91 Å². The molecule has 14 heavy (non-hydrogen) atoms. The molecule has 0 heterocycles. The van der Waals surface area contributed by atoms with Crippen LogP contribution in [0, 0.1) is 5.92 Å². The second kappa shape index (κ2) is 6.02. The van der Waals surface area contributed by atoms with Crippen molar-refractivity contribution < 1.29 is 9.90 Å². The zero-order chi connectivity index (χ0) is 10.4. The highest BCUT2D eigenvalue weighted by Gasteiger charge is 2.18. The molecule has 0 aromatic rings. The summed E-state index contributed by atoms with van der Waals surface area (Å²) >= 11 is 0. The van der Waals surface area contributed by atoms with E-state index in [1.165, 1.54) is 25.7 Å². The lowest BCUT2D eigenvalue weighted by atomic mass is 10.0. The van der Waals surface area contributed by atoms with Crippen molar-refractivity contribution in [2.75, 3.05) is 6.61 Å². The Kier molecular flexibility index (Phi) is 4.94. The molecule has 1 aliphatic rings. The minimum absolute atomic E-state index is 0.105. The molecule has 3 heteroatoms. The fourth-order valence-electron chi connectivity index (χ4n) is 2.08. The first-order valence-electron chi connectivity index (χ1n) is 5.62. The normalized spacial score (nSPS) is 19.6. The van der Waals surface area contributed by atoms with Crippen LogP contribution in [0.4, 0.5) is 0 Å². The minimum atomic E-state index is 0.105. The number of aliphatic hydroxyl groups is 1. The molecule has 0 aromatic carbocycles. The van der Waals surface area contributed by atoms with Crippen LogP contribution in [0.15, 0.2) is 0 Å². The van der Waals surface area contributed by atoms with Gasteiger partial charge in [0.1, 0.15) is 0 Å². The van der Waals surface area contributed by atoms with Crippen molar-refractivity contribution in [3.63, 3.8) is 0 Å². The first-order valence-corrected chi connectivity index (χ1v) is 5.62. The molecule has 0 saturated heterocycles. The zero-order valence-electron chi connectivity index (χ0n) is 8.96. The lowest BCUT2D eigenvalue weighted by Crippen LogP contribution is -2.34. The third-order valence-electron chi connectivity index (χ3n) is 2.92. The van der Waals surface area contributed by atoms with Crippen LogP contribution in [-0.2, 0) is 4.79 Å². The van der Waals surface area contributed by atoms with Crippen molar-refractivity contribution in [1.29, 1.82) is 0 Å². The molecular weight excluding hydrogens is 178 g/mol. The highest BCUT2D eigenvalue weighted by atomic mass is 16.3. The second-order valence-corrected chi connectivity index (χ2v) is 4.34.